The summed E-state index contributed by atoms with van der Waals surface area (Å²) in [7, 11) is 1.94. The Labute approximate surface area is 209 Å². The number of aryl methyl sites for hydroxylation is 2. The maximum atomic E-state index is 12.9. The van der Waals surface area contributed by atoms with Crippen LogP contribution in [0.3, 0.4) is 0 Å². The van der Waals surface area contributed by atoms with Crippen LogP contribution in [0.4, 0.5) is 0 Å². The zero-order valence-electron chi connectivity index (χ0n) is 19.3. The summed E-state index contributed by atoms with van der Waals surface area (Å²) in [5.74, 6) is -0.0983. The Kier molecular flexibility index (Phi) is 9.71. The highest BCUT2D eigenvalue weighted by atomic mass is 35.5. The van der Waals surface area contributed by atoms with Crippen LogP contribution >= 0.6 is 34.3 Å². The topological polar surface area (TPSA) is 52.6 Å². The van der Waals surface area contributed by atoms with Gasteiger partial charge in [0.1, 0.15) is 0 Å². The van der Waals surface area contributed by atoms with Crippen LogP contribution < -0.4 is 5.32 Å². The molecule has 0 bridgehead atoms. The Morgan fingerprint density at radius 3 is 2.30 bits per heavy atom. The highest BCUT2D eigenvalue weighted by molar-refractivity contribution is 7.14. The Hall–Kier alpha value is -1.96. The van der Waals surface area contributed by atoms with Gasteiger partial charge in [-0.3, -0.25) is 9.69 Å². The Morgan fingerprint density at radius 2 is 1.76 bits per heavy atom. The summed E-state index contributed by atoms with van der Waals surface area (Å²) < 4.78 is 0. The second kappa shape index (κ2) is 12.5. The van der Waals surface area contributed by atoms with E-state index in [1.54, 1.807) is 22.7 Å². The third-order valence-corrected chi connectivity index (χ3v) is 8.16. The van der Waals surface area contributed by atoms with Gasteiger partial charge in [-0.2, -0.15) is 0 Å². The first-order valence-electron chi connectivity index (χ1n) is 11.0. The van der Waals surface area contributed by atoms with Crippen molar-refractivity contribution in [1.29, 1.82) is 0 Å². The van der Waals surface area contributed by atoms with E-state index in [0.29, 0.717) is 24.5 Å². The van der Waals surface area contributed by atoms with Gasteiger partial charge in [-0.1, -0.05) is 35.9 Å². The summed E-state index contributed by atoms with van der Waals surface area (Å²) in [5.41, 5.74) is 4.71. The molecule has 0 unspecified atom stereocenters. The molecule has 2 N–H and O–H groups in total. The van der Waals surface area contributed by atoms with Crippen molar-refractivity contribution in [2.45, 2.75) is 39.3 Å². The fourth-order valence-electron chi connectivity index (χ4n) is 3.77. The lowest BCUT2D eigenvalue weighted by Gasteiger charge is -2.26. The molecule has 4 nitrogen and oxygen atoms in total. The number of aliphatic hydroxyl groups excluding tert-OH is 1. The minimum Gasteiger partial charge on any atom is -0.396 e. The fourth-order valence-corrected chi connectivity index (χ4v) is 5.99. The molecule has 0 radical (unpaired) electrons. The number of nitrogens with zero attached hydrogens (tertiary/aromatic N) is 1. The van der Waals surface area contributed by atoms with Crippen molar-refractivity contribution in [2.75, 3.05) is 20.2 Å². The molecular weight excluding hydrogens is 472 g/mol. The van der Waals surface area contributed by atoms with Crippen molar-refractivity contribution >= 4 is 45.8 Å². The maximum Gasteiger partial charge on any atom is 0.237 e. The zero-order chi connectivity index (χ0) is 23.8. The van der Waals surface area contributed by atoms with E-state index in [-0.39, 0.29) is 12.5 Å². The highest BCUT2D eigenvalue weighted by Crippen LogP contribution is 2.35. The third-order valence-electron chi connectivity index (χ3n) is 5.69. The monoisotopic (exact) mass is 502 g/mol. The molecule has 3 rings (SSSR count). The summed E-state index contributed by atoms with van der Waals surface area (Å²) in [6, 6.07) is 11.4. The Balaban J connectivity index is 1.67. The van der Waals surface area contributed by atoms with E-state index in [2.05, 4.69) is 48.1 Å². The van der Waals surface area contributed by atoms with Gasteiger partial charge in [-0.15, -0.1) is 22.7 Å². The number of carbonyl (C=O) groups is 1. The van der Waals surface area contributed by atoms with Crippen molar-refractivity contribution in [3.63, 3.8) is 0 Å². The van der Waals surface area contributed by atoms with Gasteiger partial charge in [0.2, 0.25) is 5.91 Å². The van der Waals surface area contributed by atoms with E-state index in [9.17, 15) is 9.90 Å². The first-order chi connectivity index (χ1) is 15.9. The molecule has 1 amide bonds. The molecule has 0 fully saturated rings. The molecule has 0 spiro atoms. The van der Waals surface area contributed by atoms with Crippen LogP contribution in [0.15, 0.2) is 53.2 Å². The number of hydrogen-bond donors (Lipinski definition) is 2. The molecular formula is C26H31ClN2O2S2. The molecule has 3 aromatic rings. The number of hydrogen-bond acceptors (Lipinski definition) is 5. The smallest absolute Gasteiger partial charge is 0.237 e. The van der Waals surface area contributed by atoms with Gasteiger partial charge >= 0.3 is 0 Å². The number of likely N-dealkylation sites (N-methyl/N-ethyl adjacent to an activating group) is 1. The van der Waals surface area contributed by atoms with Crippen molar-refractivity contribution in [2.24, 2.45) is 0 Å². The Morgan fingerprint density at radius 1 is 1.12 bits per heavy atom. The van der Waals surface area contributed by atoms with E-state index in [0.717, 1.165) is 12.0 Å². The molecule has 33 heavy (non-hydrogen) atoms. The molecule has 176 valence electrons. The average molecular weight is 503 g/mol. The number of nitrogens with one attached hydrogen (secondary N) is 1. The quantitative estimate of drug-likeness (QED) is 0.343. The van der Waals surface area contributed by atoms with Crippen LogP contribution in [0.25, 0.3) is 5.57 Å². The number of carbonyl (C=O) groups excluding carboxylic acids is 1. The normalized spacial score (nSPS) is 12.1. The number of aliphatic hydroxyl groups is 1. The molecule has 2 heterocycles. The summed E-state index contributed by atoms with van der Waals surface area (Å²) in [5, 5.41) is 17.4. The van der Waals surface area contributed by atoms with E-state index >= 15 is 0 Å². The zero-order valence-corrected chi connectivity index (χ0v) is 21.7. The van der Waals surface area contributed by atoms with Crippen LogP contribution in [0, 0.1) is 13.8 Å². The van der Waals surface area contributed by atoms with Gasteiger partial charge in [-0.05, 0) is 79.4 Å². The number of rotatable bonds is 11. The van der Waals surface area contributed by atoms with E-state index in [1.807, 2.05) is 36.2 Å². The van der Waals surface area contributed by atoms with Crippen LogP contribution in [0.5, 0.6) is 0 Å². The van der Waals surface area contributed by atoms with Gasteiger partial charge in [0.15, 0.2) is 0 Å². The van der Waals surface area contributed by atoms with Crippen molar-refractivity contribution in [1.82, 2.24) is 10.2 Å². The lowest BCUT2D eigenvalue weighted by atomic mass is 10.0. The van der Waals surface area contributed by atoms with E-state index in [1.165, 1.54) is 26.5 Å². The van der Waals surface area contributed by atoms with Gasteiger partial charge in [-0.25, -0.2) is 0 Å². The van der Waals surface area contributed by atoms with Crippen molar-refractivity contribution in [3.05, 3.63) is 84.7 Å². The van der Waals surface area contributed by atoms with Gasteiger partial charge in [0.05, 0.1) is 6.04 Å². The lowest BCUT2D eigenvalue weighted by molar-refractivity contribution is -0.126. The standard InChI is InChI=1S/C26H31ClN2O2S2/c1-18-11-15-32-24(18)21(25-19(2)12-16-33-25)8-6-13-29(3)23(10-14-30)26(31)28-17-20-7-4-5-9-22(20)27/h4-5,7-9,11-12,15-16,23,30H,6,10,13-14,17H2,1-3H3,(H,28,31)/t23-/m0/s1. The molecule has 0 saturated carbocycles. The number of benzene rings is 1. The van der Waals surface area contributed by atoms with Crippen molar-refractivity contribution in [3.8, 4) is 0 Å². The average Bonchev–Trinajstić information content (AvgIpc) is 3.42. The summed E-state index contributed by atoms with van der Waals surface area (Å²) in [4.78, 5) is 17.5. The third kappa shape index (κ3) is 6.78. The number of halogens is 1. The molecule has 0 aliphatic carbocycles. The second-order valence-electron chi connectivity index (χ2n) is 8.09. The Bertz CT molecular complexity index is 1050. The molecule has 2 aromatic heterocycles. The number of amides is 1. The lowest BCUT2D eigenvalue weighted by Crippen LogP contribution is -2.45. The van der Waals surface area contributed by atoms with Gasteiger partial charge in [0.25, 0.3) is 0 Å². The van der Waals surface area contributed by atoms with E-state index < -0.39 is 6.04 Å². The van der Waals surface area contributed by atoms with Gasteiger partial charge < -0.3 is 10.4 Å². The summed E-state index contributed by atoms with van der Waals surface area (Å²) in [6.45, 7) is 5.33. The molecule has 0 aliphatic rings. The van der Waals surface area contributed by atoms with Crippen LogP contribution in [0.1, 0.15) is 39.3 Å². The molecule has 0 aliphatic heterocycles. The van der Waals surface area contributed by atoms with Crippen LogP contribution in [0.2, 0.25) is 5.02 Å². The number of thiophene rings is 2. The molecule has 7 heteroatoms. The van der Waals surface area contributed by atoms with E-state index in [4.69, 9.17) is 11.6 Å². The van der Waals surface area contributed by atoms with Crippen LogP contribution in [-0.2, 0) is 11.3 Å². The van der Waals surface area contributed by atoms with Crippen molar-refractivity contribution < 1.29 is 9.90 Å². The fraction of sp³-hybridized carbons (Fsp3) is 0.346. The first kappa shape index (κ1) is 25.7. The molecule has 0 saturated heterocycles. The minimum absolute atomic E-state index is 0.0433. The molecule has 1 aromatic carbocycles. The van der Waals surface area contributed by atoms with Crippen LogP contribution in [-0.4, -0.2) is 42.2 Å². The predicted molar refractivity (Wildman–Crippen MR) is 141 cm³/mol. The predicted octanol–water partition coefficient (Wildman–Crippen LogP) is 5.90. The highest BCUT2D eigenvalue weighted by Gasteiger charge is 2.22. The largest absolute Gasteiger partial charge is 0.396 e. The summed E-state index contributed by atoms with van der Waals surface area (Å²) in [6.07, 6.45) is 3.47. The molecule has 1 atom stereocenters. The minimum atomic E-state index is -0.402. The second-order valence-corrected chi connectivity index (χ2v) is 10.3. The maximum absolute atomic E-state index is 12.9. The van der Waals surface area contributed by atoms with Gasteiger partial charge in [0, 0.05) is 40.0 Å². The first-order valence-corrected chi connectivity index (χ1v) is 13.2. The SMILES string of the molecule is Cc1ccsc1C(=CCCN(C)[C@@H](CCO)C(=O)NCc1ccccc1Cl)c1sccc1C. The summed E-state index contributed by atoms with van der Waals surface area (Å²) >= 11 is 9.74.